The molecule has 1 aromatic rings. The van der Waals surface area contributed by atoms with Crippen LogP contribution in [0.15, 0.2) is 17.1 Å². The van der Waals surface area contributed by atoms with Gasteiger partial charge in [0.2, 0.25) is 0 Å². The Balaban J connectivity index is 1.76. The van der Waals surface area contributed by atoms with Crippen LogP contribution in [0.4, 0.5) is 0 Å². The van der Waals surface area contributed by atoms with Crippen LogP contribution in [0.1, 0.15) is 30.5 Å². The lowest BCUT2D eigenvalue weighted by Gasteiger charge is -2.34. The molecule has 2 heterocycles. The molecule has 2 N–H and O–H groups in total. The van der Waals surface area contributed by atoms with Crippen molar-refractivity contribution < 1.29 is 0 Å². The number of likely N-dealkylation sites (N-methyl/N-ethyl adjacent to an activating group) is 1. The molecule has 0 amide bonds. The van der Waals surface area contributed by atoms with Gasteiger partial charge >= 0.3 is 0 Å². The number of aliphatic imine (C=N–C) groups is 1. The lowest BCUT2D eigenvalue weighted by atomic mass is 10.1. The molecule has 1 unspecified atom stereocenters. The van der Waals surface area contributed by atoms with Crippen LogP contribution >= 0.6 is 11.3 Å². The minimum absolute atomic E-state index is 0.612. The third-order valence-electron chi connectivity index (χ3n) is 4.59. The molecule has 1 fully saturated rings. The highest BCUT2D eigenvalue weighted by molar-refractivity contribution is 7.11. The number of nitrogens with zero attached hydrogens (tertiary/aromatic N) is 3. The maximum absolute atomic E-state index is 4.74. The van der Waals surface area contributed by atoms with Gasteiger partial charge in [0, 0.05) is 55.6 Å². The molecule has 0 bridgehead atoms. The quantitative estimate of drug-likeness (QED) is 0.548. The molecule has 1 aliphatic heterocycles. The Labute approximate surface area is 157 Å². The number of piperazine rings is 1. The molecule has 0 radical (unpaired) electrons. The maximum Gasteiger partial charge on any atom is 0.191 e. The van der Waals surface area contributed by atoms with Crippen molar-refractivity contribution in [1.82, 2.24) is 20.4 Å². The third-order valence-corrected chi connectivity index (χ3v) is 5.80. The molecule has 1 saturated heterocycles. The Morgan fingerprint density at radius 2 is 1.88 bits per heavy atom. The predicted molar refractivity (Wildman–Crippen MR) is 110 cm³/mol. The zero-order valence-corrected chi connectivity index (χ0v) is 17.2. The topological polar surface area (TPSA) is 42.9 Å². The van der Waals surface area contributed by atoms with E-state index in [0.29, 0.717) is 5.92 Å². The van der Waals surface area contributed by atoms with Gasteiger partial charge in [0.25, 0.3) is 0 Å². The molecule has 0 aromatic carbocycles. The van der Waals surface area contributed by atoms with Gasteiger partial charge in [-0.1, -0.05) is 13.8 Å². The second kappa shape index (κ2) is 10.8. The number of hydrogen-bond donors (Lipinski definition) is 2. The van der Waals surface area contributed by atoms with Crippen LogP contribution in [0, 0.1) is 5.92 Å². The SMILES string of the molecule is CCNC(=NCc1ccc(CC)s1)NCC(C)CN1CCN(C)CC1. The first-order valence-corrected chi connectivity index (χ1v) is 10.4. The highest BCUT2D eigenvalue weighted by Crippen LogP contribution is 2.17. The first kappa shape index (κ1) is 20.2. The van der Waals surface area contributed by atoms with E-state index in [0.717, 1.165) is 38.6 Å². The van der Waals surface area contributed by atoms with E-state index in [2.05, 4.69) is 60.4 Å². The molecule has 5 nitrogen and oxygen atoms in total. The number of hydrogen-bond acceptors (Lipinski definition) is 4. The van der Waals surface area contributed by atoms with Gasteiger partial charge < -0.3 is 20.4 Å². The second-order valence-corrected chi connectivity index (χ2v) is 8.26. The summed E-state index contributed by atoms with van der Waals surface area (Å²) in [5.41, 5.74) is 0. The predicted octanol–water partition coefficient (Wildman–Crippen LogP) is 2.25. The van der Waals surface area contributed by atoms with Gasteiger partial charge in [-0.05, 0) is 38.4 Å². The summed E-state index contributed by atoms with van der Waals surface area (Å²) in [5.74, 6) is 1.54. The first-order chi connectivity index (χ1) is 12.1. The van der Waals surface area contributed by atoms with Crippen LogP contribution in [0.25, 0.3) is 0 Å². The van der Waals surface area contributed by atoms with E-state index in [1.807, 2.05) is 11.3 Å². The van der Waals surface area contributed by atoms with Gasteiger partial charge in [0.15, 0.2) is 5.96 Å². The summed E-state index contributed by atoms with van der Waals surface area (Å²) >= 11 is 1.87. The lowest BCUT2D eigenvalue weighted by molar-refractivity contribution is 0.139. The van der Waals surface area contributed by atoms with Crippen molar-refractivity contribution in [2.75, 3.05) is 52.9 Å². The van der Waals surface area contributed by atoms with Gasteiger partial charge in [-0.15, -0.1) is 11.3 Å². The number of aryl methyl sites for hydroxylation is 1. The zero-order chi connectivity index (χ0) is 18.1. The Morgan fingerprint density at radius 1 is 1.16 bits per heavy atom. The minimum atomic E-state index is 0.612. The second-order valence-electron chi connectivity index (χ2n) is 7.01. The van der Waals surface area contributed by atoms with Crippen molar-refractivity contribution in [3.8, 4) is 0 Å². The summed E-state index contributed by atoms with van der Waals surface area (Å²) in [6.45, 7) is 15.2. The molecule has 0 saturated carbocycles. The molecular weight excluding hydrogens is 330 g/mol. The van der Waals surface area contributed by atoms with Crippen molar-refractivity contribution in [3.05, 3.63) is 21.9 Å². The van der Waals surface area contributed by atoms with Crippen LogP contribution in [0.2, 0.25) is 0 Å². The lowest BCUT2D eigenvalue weighted by Crippen LogP contribution is -2.47. The van der Waals surface area contributed by atoms with Gasteiger partial charge in [-0.3, -0.25) is 0 Å². The number of guanidine groups is 1. The molecule has 0 spiro atoms. The van der Waals surface area contributed by atoms with Crippen molar-refractivity contribution in [2.24, 2.45) is 10.9 Å². The molecule has 1 atom stereocenters. The molecule has 6 heteroatoms. The molecule has 2 rings (SSSR count). The Bertz CT molecular complexity index is 520. The van der Waals surface area contributed by atoms with E-state index in [4.69, 9.17) is 4.99 Å². The van der Waals surface area contributed by atoms with Crippen LogP contribution in [0.5, 0.6) is 0 Å². The van der Waals surface area contributed by atoms with E-state index < -0.39 is 0 Å². The summed E-state index contributed by atoms with van der Waals surface area (Å²) in [5, 5.41) is 6.88. The highest BCUT2D eigenvalue weighted by atomic mass is 32.1. The summed E-state index contributed by atoms with van der Waals surface area (Å²) in [6, 6.07) is 4.42. The number of rotatable bonds is 8. The summed E-state index contributed by atoms with van der Waals surface area (Å²) in [6.07, 6.45) is 1.11. The van der Waals surface area contributed by atoms with Crippen LogP contribution in [-0.4, -0.2) is 68.6 Å². The Kier molecular flexibility index (Phi) is 8.72. The van der Waals surface area contributed by atoms with Crippen molar-refractivity contribution >= 4 is 17.3 Å². The summed E-state index contributed by atoms with van der Waals surface area (Å²) in [4.78, 5) is 12.5. The zero-order valence-electron chi connectivity index (χ0n) is 16.3. The first-order valence-electron chi connectivity index (χ1n) is 9.61. The number of thiophene rings is 1. The van der Waals surface area contributed by atoms with Crippen molar-refractivity contribution in [2.45, 2.75) is 33.7 Å². The van der Waals surface area contributed by atoms with Crippen LogP contribution < -0.4 is 10.6 Å². The average molecular weight is 366 g/mol. The standard InChI is InChI=1S/C19H35N5S/c1-5-17-7-8-18(25-17)14-22-19(20-6-2)21-13-16(3)15-24-11-9-23(4)10-12-24/h7-8,16H,5-6,9-15H2,1-4H3,(H2,20,21,22). The van der Waals surface area contributed by atoms with E-state index in [1.54, 1.807) is 0 Å². The van der Waals surface area contributed by atoms with Gasteiger partial charge in [0.1, 0.15) is 0 Å². The van der Waals surface area contributed by atoms with Crippen LogP contribution in [-0.2, 0) is 13.0 Å². The Hall–Kier alpha value is -1.11. The smallest absolute Gasteiger partial charge is 0.191 e. The van der Waals surface area contributed by atoms with Gasteiger partial charge in [-0.25, -0.2) is 4.99 Å². The molecule has 1 aromatic heterocycles. The average Bonchev–Trinajstić information content (AvgIpc) is 3.07. The van der Waals surface area contributed by atoms with Gasteiger partial charge in [0.05, 0.1) is 6.54 Å². The maximum atomic E-state index is 4.74. The molecule has 142 valence electrons. The van der Waals surface area contributed by atoms with Gasteiger partial charge in [-0.2, -0.15) is 0 Å². The van der Waals surface area contributed by atoms with E-state index in [9.17, 15) is 0 Å². The molecule has 25 heavy (non-hydrogen) atoms. The van der Waals surface area contributed by atoms with Crippen LogP contribution in [0.3, 0.4) is 0 Å². The fourth-order valence-corrected chi connectivity index (χ4v) is 3.89. The monoisotopic (exact) mass is 365 g/mol. The molecule has 0 aliphatic carbocycles. The van der Waals surface area contributed by atoms with E-state index >= 15 is 0 Å². The Morgan fingerprint density at radius 3 is 2.52 bits per heavy atom. The van der Waals surface area contributed by atoms with E-state index in [-0.39, 0.29) is 0 Å². The highest BCUT2D eigenvalue weighted by Gasteiger charge is 2.16. The van der Waals surface area contributed by atoms with E-state index in [1.165, 1.54) is 35.9 Å². The number of nitrogens with one attached hydrogen (secondary N) is 2. The minimum Gasteiger partial charge on any atom is -0.357 e. The molecular formula is C19H35N5S. The fraction of sp³-hybridized carbons (Fsp3) is 0.737. The van der Waals surface area contributed by atoms with Crippen molar-refractivity contribution in [1.29, 1.82) is 0 Å². The molecule has 1 aliphatic rings. The summed E-state index contributed by atoms with van der Waals surface area (Å²) in [7, 11) is 2.21. The fourth-order valence-electron chi connectivity index (χ4n) is 3.00. The largest absolute Gasteiger partial charge is 0.357 e. The normalized spacial score (nSPS) is 18.3. The summed E-state index contributed by atoms with van der Waals surface area (Å²) < 4.78 is 0. The third kappa shape index (κ3) is 7.34. The van der Waals surface area contributed by atoms with Crippen molar-refractivity contribution in [3.63, 3.8) is 0 Å².